The molecule has 0 aliphatic heterocycles. The Bertz CT molecular complexity index is 630. The summed E-state index contributed by atoms with van der Waals surface area (Å²) in [7, 11) is 1.54. The van der Waals surface area contributed by atoms with Crippen molar-refractivity contribution in [3.63, 3.8) is 0 Å². The molecule has 0 atom stereocenters. The van der Waals surface area contributed by atoms with E-state index in [9.17, 15) is 4.79 Å². The van der Waals surface area contributed by atoms with Gasteiger partial charge in [0.25, 0.3) is 0 Å². The zero-order valence-corrected chi connectivity index (χ0v) is 11.6. The van der Waals surface area contributed by atoms with Crippen LogP contribution in [0.15, 0.2) is 60.7 Å². The van der Waals surface area contributed by atoms with Gasteiger partial charge >= 0.3 is 5.97 Å². The molecular weight excluding hydrogens is 252 g/mol. The van der Waals surface area contributed by atoms with E-state index in [0.717, 1.165) is 11.1 Å². The molecule has 0 spiro atoms. The molecule has 2 rings (SSSR count). The fourth-order valence-corrected chi connectivity index (χ4v) is 1.81. The lowest BCUT2D eigenvalue weighted by Crippen LogP contribution is -2.10. The number of hydrogen-bond donors (Lipinski definition) is 0. The summed E-state index contributed by atoms with van der Waals surface area (Å²) in [5, 5.41) is 0. The minimum atomic E-state index is -0.466. The summed E-state index contributed by atoms with van der Waals surface area (Å²) in [6.07, 6.45) is 0. The summed E-state index contributed by atoms with van der Waals surface area (Å²) in [6, 6.07) is 15.2. The second kappa shape index (κ2) is 6.06. The maximum atomic E-state index is 11.8. The van der Waals surface area contributed by atoms with Crippen molar-refractivity contribution in [3.8, 4) is 22.6 Å². The Morgan fingerprint density at radius 1 is 1.05 bits per heavy atom. The van der Waals surface area contributed by atoms with Gasteiger partial charge in [0.2, 0.25) is 0 Å². The quantitative estimate of drug-likeness (QED) is 0.480. The van der Waals surface area contributed by atoms with Crippen LogP contribution in [0.3, 0.4) is 0 Å². The van der Waals surface area contributed by atoms with Crippen molar-refractivity contribution in [2.75, 3.05) is 7.11 Å². The molecule has 0 bridgehead atoms. The van der Waals surface area contributed by atoms with E-state index in [0.29, 0.717) is 17.1 Å². The first-order valence-corrected chi connectivity index (χ1v) is 6.23. The molecular formula is C17H16O3. The van der Waals surface area contributed by atoms with E-state index in [1.54, 1.807) is 20.1 Å². The number of esters is 1. The highest BCUT2D eigenvalue weighted by Gasteiger charge is 2.16. The Kier molecular flexibility index (Phi) is 4.20. The third-order valence-electron chi connectivity index (χ3n) is 2.83. The Balaban J connectivity index is 2.52. The van der Waals surface area contributed by atoms with E-state index in [-0.39, 0.29) is 0 Å². The number of carbonyl (C=O) groups excluding carboxylic acids is 1. The topological polar surface area (TPSA) is 35.5 Å². The zero-order valence-electron chi connectivity index (χ0n) is 11.6. The van der Waals surface area contributed by atoms with Gasteiger partial charge in [-0.15, -0.1) is 0 Å². The number of ether oxygens (including phenoxy) is 2. The number of para-hydroxylation sites is 1. The smallest absolute Gasteiger partial charge is 0.338 e. The molecule has 0 radical (unpaired) electrons. The lowest BCUT2D eigenvalue weighted by molar-refractivity contribution is -0.130. The summed E-state index contributed by atoms with van der Waals surface area (Å²) < 4.78 is 10.7. The summed E-state index contributed by atoms with van der Waals surface area (Å²) in [4.78, 5) is 11.8. The number of methoxy groups -OCH3 is 1. The summed E-state index contributed by atoms with van der Waals surface area (Å²) in [5.41, 5.74) is 2.10. The second-order valence-corrected chi connectivity index (χ2v) is 4.37. The lowest BCUT2D eigenvalue weighted by Gasteiger charge is -2.14. The van der Waals surface area contributed by atoms with Gasteiger partial charge < -0.3 is 9.47 Å². The van der Waals surface area contributed by atoms with Crippen molar-refractivity contribution < 1.29 is 14.3 Å². The van der Waals surface area contributed by atoms with Crippen molar-refractivity contribution in [3.05, 3.63) is 60.7 Å². The molecule has 3 heteroatoms. The highest BCUT2D eigenvalue weighted by atomic mass is 16.6. The number of hydrogen-bond acceptors (Lipinski definition) is 3. The van der Waals surface area contributed by atoms with E-state index >= 15 is 0 Å². The highest BCUT2D eigenvalue weighted by Crippen LogP contribution is 2.38. The maximum absolute atomic E-state index is 11.8. The monoisotopic (exact) mass is 268 g/mol. The van der Waals surface area contributed by atoms with Gasteiger partial charge in [-0.05, 0) is 18.6 Å². The molecule has 0 amide bonds. The molecule has 0 aliphatic rings. The van der Waals surface area contributed by atoms with Crippen LogP contribution >= 0.6 is 0 Å². The van der Waals surface area contributed by atoms with Crippen LogP contribution < -0.4 is 9.47 Å². The molecule has 0 aliphatic carbocycles. The molecule has 20 heavy (non-hydrogen) atoms. The van der Waals surface area contributed by atoms with E-state index < -0.39 is 5.97 Å². The van der Waals surface area contributed by atoms with Crippen molar-refractivity contribution in [2.45, 2.75) is 6.92 Å². The van der Waals surface area contributed by atoms with Gasteiger partial charge in [-0.25, -0.2) is 4.79 Å². The normalized spacial score (nSPS) is 9.90. The molecule has 0 heterocycles. The van der Waals surface area contributed by atoms with Crippen LogP contribution in [0.1, 0.15) is 6.92 Å². The van der Waals surface area contributed by atoms with Crippen molar-refractivity contribution in [1.29, 1.82) is 0 Å². The van der Waals surface area contributed by atoms with Crippen LogP contribution in [0.25, 0.3) is 11.1 Å². The molecule has 0 fully saturated rings. The Morgan fingerprint density at radius 3 is 2.35 bits per heavy atom. The van der Waals surface area contributed by atoms with Gasteiger partial charge in [0.1, 0.15) is 0 Å². The Hall–Kier alpha value is -2.55. The highest BCUT2D eigenvalue weighted by molar-refractivity contribution is 5.91. The predicted molar refractivity (Wildman–Crippen MR) is 78.9 cm³/mol. The summed E-state index contributed by atoms with van der Waals surface area (Å²) in [6.45, 7) is 5.20. The predicted octanol–water partition coefficient (Wildman–Crippen LogP) is 3.84. The fourth-order valence-electron chi connectivity index (χ4n) is 1.81. The molecule has 0 aromatic heterocycles. The van der Waals surface area contributed by atoms with Gasteiger partial charge in [-0.1, -0.05) is 49.0 Å². The minimum absolute atomic E-state index is 0.343. The third-order valence-corrected chi connectivity index (χ3v) is 2.83. The minimum Gasteiger partial charge on any atom is -0.493 e. The molecule has 2 aromatic rings. The van der Waals surface area contributed by atoms with Gasteiger partial charge in [0.05, 0.1) is 7.11 Å². The van der Waals surface area contributed by atoms with Crippen LogP contribution in [0.2, 0.25) is 0 Å². The SMILES string of the molecule is C=C(C)C(=O)Oc1c(OC)cccc1-c1ccccc1. The van der Waals surface area contributed by atoms with Crippen molar-refractivity contribution in [2.24, 2.45) is 0 Å². The van der Waals surface area contributed by atoms with E-state index in [4.69, 9.17) is 9.47 Å². The third kappa shape index (κ3) is 2.88. The Morgan fingerprint density at radius 2 is 1.75 bits per heavy atom. The number of carbonyl (C=O) groups is 1. The first kappa shape index (κ1) is 13.9. The van der Waals surface area contributed by atoms with Gasteiger partial charge in [-0.3, -0.25) is 0 Å². The molecule has 102 valence electrons. The number of rotatable bonds is 4. The molecule has 2 aromatic carbocycles. The van der Waals surface area contributed by atoms with Crippen LogP contribution in [-0.2, 0) is 4.79 Å². The van der Waals surface area contributed by atoms with E-state index in [1.165, 1.54) is 0 Å². The fraction of sp³-hybridized carbons (Fsp3) is 0.118. The number of benzene rings is 2. The zero-order chi connectivity index (χ0) is 14.5. The van der Waals surface area contributed by atoms with Gasteiger partial charge in [0.15, 0.2) is 11.5 Å². The van der Waals surface area contributed by atoms with Crippen molar-refractivity contribution >= 4 is 5.97 Å². The average Bonchev–Trinajstić information content (AvgIpc) is 2.48. The summed E-state index contributed by atoms with van der Waals surface area (Å²) >= 11 is 0. The van der Waals surface area contributed by atoms with Crippen LogP contribution in [-0.4, -0.2) is 13.1 Å². The average molecular weight is 268 g/mol. The van der Waals surface area contributed by atoms with Crippen molar-refractivity contribution in [1.82, 2.24) is 0 Å². The lowest BCUT2D eigenvalue weighted by atomic mass is 10.0. The first-order chi connectivity index (χ1) is 9.63. The molecule has 3 nitrogen and oxygen atoms in total. The van der Waals surface area contributed by atoms with Gasteiger partial charge in [-0.2, -0.15) is 0 Å². The van der Waals surface area contributed by atoms with Gasteiger partial charge in [0, 0.05) is 11.1 Å². The second-order valence-electron chi connectivity index (χ2n) is 4.37. The molecule has 0 unspecified atom stereocenters. The van der Waals surface area contributed by atoms with Crippen LogP contribution in [0.5, 0.6) is 11.5 Å². The maximum Gasteiger partial charge on any atom is 0.338 e. The largest absolute Gasteiger partial charge is 0.493 e. The standard InChI is InChI=1S/C17H16O3/c1-12(2)17(18)20-16-14(10-7-11-15(16)19-3)13-8-5-4-6-9-13/h4-11H,1H2,2-3H3. The molecule has 0 N–H and O–H groups in total. The van der Waals surface area contributed by atoms with Crippen LogP contribution in [0, 0.1) is 0 Å². The van der Waals surface area contributed by atoms with E-state index in [1.807, 2.05) is 42.5 Å². The van der Waals surface area contributed by atoms with Crippen LogP contribution in [0.4, 0.5) is 0 Å². The van der Waals surface area contributed by atoms with E-state index in [2.05, 4.69) is 6.58 Å². The first-order valence-electron chi connectivity index (χ1n) is 6.23. The molecule has 0 saturated carbocycles. The molecule has 0 saturated heterocycles. The summed E-state index contributed by atoms with van der Waals surface area (Å²) in [5.74, 6) is 0.460. The Labute approximate surface area is 118 Å².